The van der Waals surface area contributed by atoms with Crippen LogP contribution in [0.2, 0.25) is 0 Å². The van der Waals surface area contributed by atoms with Gasteiger partial charge in [0.25, 0.3) is 0 Å². The second-order valence-electron chi connectivity index (χ2n) is 3.46. The van der Waals surface area contributed by atoms with Crippen LogP contribution < -0.4 is 5.32 Å². The zero-order chi connectivity index (χ0) is 8.65. The van der Waals surface area contributed by atoms with Gasteiger partial charge in [-0.05, 0) is 20.8 Å². The fourth-order valence-corrected chi connectivity index (χ4v) is 1.51. The molecule has 1 N–H and O–H groups in total. The first-order valence-electron chi connectivity index (χ1n) is 3.58. The molecule has 3 heteroatoms. The molecule has 0 fully saturated rings. The highest BCUT2D eigenvalue weighted by atomic mass is 79.9. The smallest absolute Gasteiger partial charge is 0.244 e. The molecule has 11 heavy (non-hydrogen) atoms. The van der Waals surface area contributed by atoms with Crippen molar-refractivity contribution in [3.8, 4) is 0 Å². The summed E-state index contributed by atoms with van der Waals surface area (Å²) in [6.07, 6.45) is 1.63. The zero-order valence-corrected chi connectivity index (χ0v) is 8.53. The van der Waals surface area contributed by atoms with Crippen LogP contribution in [0.1, 0.15) is 20.8 Å². The minimum absolute atomic E-state index is 0.00296. The molecular formula is C8H12BrNO. The van der Waals surface area contributed by atoms with Crippen molar-refractivity contribution >= 4 is 21.8 Å². The van der Waals surface area contributed by atoms with Crippen LogP contribution in [0.25, 0.3) is 0 Å². The van der Waals surface area contributed by atoms with E-state index < -0.39 is 0 Å². The molecule has 1 heterocycles. The third-order valence-corrected chi connectivity index (χ3v) is 3.70. The van der Waals surface area contributed by atoms with E-state index in [-0.39, 0.29) is 16.3 Å². The second kappa shape index (κ2) is 2.63. The standard InChI is InChI=1S/C8H12BrNO/c1-5-4-6(11)10-8(2,3)7(5)9/h4,7H,1-3H3,(H,10,11). The highest BCUT2D eigenvalue weighted by molar-refractivity contribution is 9.09. The number of rotatable bonds is 0. The number of nitrogens with one attached hydrogen (secondary N) is 1. The van der Waals surface area contributed by atoms with Crippen LogP contribution in [0.15, 0.2) is 11.6 Å². The summed E-state index contributed by atoms with van der Waals surface area (Å²) in [5.41, 5.74) is 0.911. The van der Waals surface area contributed by atoms with Gasteiger partial charge in [0.05, 0.1) is 10.4 Å². The summed E-state index contributed by atoms with van der Waals surface area (Å²) in [6.45, 7) is 5.96. The van der Waals surface area contributed by atoms with Crippen LogP contribution in [0.4, 0.5) is 0 Å². The molecule has 0 aromatic rings. The van der Waals surface area contributed by atoms with E-state index in [9.17, 15) is 4.79 Å². The maximum atomic E-state index is 11.0. The highest BCUT2D eigenvalue weighted by Crippen LogP contribution is 2.27. The molecule has 62 valence electrons. The molecule has 1 unspecified atom stereocenters. The van der Waals surface area contributed by atoms with E-state index >= 15 is 0 Å². The topological polar surface area (TPSA) is 29.1 Å². The molecule has 1 rings (SSSR count). The van der Waals surface area contributed by atoms with Crippen LogP contribution >= 0.6 is 15.9 Å². The minimum Gasteiger partial charge on any atom is -0.346 e. The normalized spacial score (nSPS) is 29.3. The van der Waals surface area contributed by atoms with Crippen molar-refractivity contribution in [2.75, 3.05) is 0 Å². The average molecular weight is 218 g/mol. The Labute approximate surface area is 75.2 Å². The van der Waals surface area contributed by atoms with Gasteiger partial charge in [0.2, 0.25) is 5.91 Å². The molecule has 1 aliphatic heterocycles. The largest absolute Gasteiger partial charge is 0.346 e. The van der Waals surface area contributed by atoms with Gasteiger partial charge in [0, 0.05) is 6.08 Å². The van der Waals surface area contributed by atoms with Gasteiger partial charge in [0.15, 0.2) is 0 Å². The first-order chi connectivity index (χ1) is 4.93. The van der Waals surface area contributed by atoms with Gasteiger partial charge in [-0.15, -0.1) is 0 Å². The number of carbonyl (C=O) groups is 1. The molecule has 0 radical (unpaired) electrons. The van der Waals surface area contributed by atoms with E-state index in [1.807, 2.05) is 20.8 Å². The predicted octanol–water partition coefficient (Wildman–Crippen LogP) is 1.60. The van der Waals surface area contributed by atoms with Crippen LogP contribution in [-0.4, -0.2) is 16.3 Å². The summed E-state index contributed by atoms with van der Waals surface area (Å²) in [4.78, 5) is 11.3. The van der Waals surface area contributed by atoms with E-state index in [2.05, 4.69) is 21.2 Å². The molecule has 2 nitrogen and oxygen atoms in total. The lowest BCUT2D eigenvalue weighted by molar-refractivity contribution is -0.118. The van der Waals surface area contributed by atoms with Crippen LogP contribution in [0.5, 0.6) is 0 Å². The van der Waals surface area contributed by atoms with Gasteiger partial charge < -0.3 is 5.32 Å². The highest BCUT2D eigenvalue weighted by Gasteiger charge is 2.33. The maximum Gasteiger partial charge on any atom is 0.244 e. The number of hydrogen-bond acceptors (Lipinski definition) is 1. The quantitative estimate of drug-likeness (QED) is 0.615. The lowest BCUT2D eigenvalue weighted by Crippen LogP contribution is -2.52. The zero-order valence-electron chi connectivity index (χ0n) is 6.94. The fraction of sp³-hybridized carbons (Fsp3) is 0.625. The van der Waals surface area contributed by atoms with E-state index in [1.54, 1.807) is 6.08 Å². The van der Waals surface area contributed by atoms with E-state index in [0.29, 0.717) is 0 Å². The summed E-state index contributed by atoms with van der Waals surface area (Å²) in [5, 5.41) is 2.87. The van der Waals surface area contributed by atoms with Gasteiger partial charge in [-0.2, -0.15) is 0 Å². The van der Waals surface area contributed by atoms with Crippen LogP contribution in [0, 0.1) is 0 Å². The monoisotopic (exact) mass is 217 g/mol. The average Bonchev–Trinajstić information content (AvgIpc) is 1.81. The Morgan fingerprint density at radius 3 is 2.64 bits per heavy atom. The molecule has 0 saturated carbocycles. The van der Waals surface area contributed by atoms with Crippen molar-refractivity contribution in [3.63, 3.8) is 0 Å². The maximum absolute atomic E-state index is 11.0. The van der Waals surface area contributed by atoms with Gasteiger partial charge in [-0.3, -0.25) is 4.79 Å². The van der Waals surface area contributed by atoms with Crippen molar-refractivity contribution < 1.29 is 4.79 Å². The molecular weight excluding hydrogens is 206 g/mol. The molecule has 0 spiro atoms. The Morgan fingerprint density at radius 1 is 1.64 bits per heavy atom. The third kappa shape index (κ3) is 1.64. The Balaban J connectivity index is 2.95. The SMILES string of the molecule is CC1=CC(=O)NC(C)(C)C1Br. The Morgan fingerprint density at radius 2 is 2.18 bits per heavy atom. The van der Waals surface area contributed by atoms with Gasteiger partial charge >= 0.3 is 0 Å². The summed E-state index contributed by atoms with van der Waals surface area (Å²) in [7, 11) is 0. The summed E-state index contributed by atoms with van der Waals surface area (Å²) in [5.74, 6) is 0.00296. The van der Waals surface area contributed by atoms with Crippen molar-refractivity contribution in [1.29, 1.82) is 0 Å². The molecule has 0 bridgehead atoms. The summed E-state index contributed by atoms with van der Waals surface area (Å²) >= 11 is 3.52. The minimum atomic E-state index is -0.171. The fourth-order valence-electron chi connectivity index (χ4n) is 1.27. The van der Waals surface area contributed by atoms with Crippen molar-refractivity contribution in [2.24, 2.45) is 0 Å². The summed E-state index contributed by atoms with van der Waals surface area (Å²) < 4.78 is 0. The Hall–Kier alpha value is -0.310. The summed E-state index contributed by atoms with van der Waals surface area (Å²) in [6, 6.07) is 0. The third-order valence-electron chi connectivity index (χ3n) is 1.84. The number of alkyl halides is 1. The number of halogens is 1. The first-order valence-corrected chi connectivity index (χ1v) is 4.49. The lowest BCUT2D eigenvalue weighted by atomic mass is 9.92. The lowest BCUT2D eigenvalue weighted by Gasteiger charge is -2.35. The van der Waals surface area contributed by atoms with E-state index in [4.69, 9.17) is 0 Å². The Bertz CT molecular complexity index is 220. The molecule has 0 aromatic heterocycles. The van der Waals surface area contributed by atoms with E-state index in [1.165, 1.54) is 0 Å². The Kier molecular flexibility index (Phi) is 2.10. The molecule has 0 saturated heterocycles. The number of hydrogen-bond donors (Lipinski definition) is 1. The molecule has 0 aromatic carbocycles. The second-order valence-corrected chi connectivity index (χ2v) is 4.38. The first kappa shape index (κ1) is 8.78. The molecule has 1 aliphatic rings. The van der Waals surface area contributed by atoms with Crippen molar-refractivity contribution in [1.82, 2.24) is 5.32 Å². The van der Waals surface area contributed by atoms with Gasteiger partial charge in [-0.1, -0.05) is 21.5 Å². The predicted molar refractivity (Wildman–Crippen MR) is 48.7 cm³/mol. The number of carbonyl (C=O) groups excluding carboxylic acids is 1. The van der Waals surface area contributed by atoms with Crippen molar-refractivity contribution in [2.45, 2.75) is 31.1 Å². The van der Waals surface area contributed by atoms with Crippen LogP contribution in [0.3, 0.4) is 0 Å². The van der Waals surface area contributed by atoms with E-state index in [0.717, 1.165) is 5.57 Å². The van der Waals surface area contributed by atoms with Crippen LogP contribution in [-0.2, 0) is 4.79 Å². The van der Waals surface area contributed by atoms with Crippen molar-refractivity contribution in [3.05, 3.63) is 11.6 Å². The number of amides is 1. The molecule has 1 atom stereocenters. The molecule has 0 aliphatic carbocycles. The van der Waals surface area contributed by atoms with Gasteiger partial charge in [-0.25, -0.2) is 0 Å². The molecule has 1 amide bonds. The van der Waals surface area contributed by atoms with Gasteiger partial charge in [0.1, 0.15) is 0 Å².